The summed E-state index contributed by atoms with van der Waals surface area (Å²) in [4.78, 5) is 22.8. The van der Waals surface area contributed by atoms with Crippen molar-refractivity contribution in [2.75, 3.05) is 11.9 Å². The Bertz CT molecular complexity index is 417. The van der Waals surface area contributed by atoms with Gasteiger partial charge in [-0.1, -0.05) is 6.92 Å². The second-order valence-corrected chi connectivity index (χ2v) is 5.21. The highest BCUT2D eigenvalue weighted by molar-refractivity contribution is 7.14. The van der Waals surface area contributed by atoms with Gasteiger partial charge in [0.05, 0.1) is 5.56 Å². The second kappa shape index (κ2) is 7.13. The molecule has 5 nitrogen and oxygen atoms in total. The molecule has 0 aliphatic heterocycles. The molecule has 6 heteroatoms. The molecular formula is C12H19N3O2S. The highest BCUT2D eigenvalue weighted by Gasteiger charge is 2.13. The average molecular weight is 269 g/mol. The van der Waals surface area contributed by atoms with Crippen molar-refractivity contribution in [1.82, 2.24) is 0 Å². The maximum atomic E-state index is 11.7. The lowest BCUT2D eigenvalue weighted by atomic mass is 10.0. The number of thiophene rings is 1. The van der Waals surface area contributed by atoms with Crippen molar-refractivity contribution in [3.63, 3.8) is 0 Å². The molecule has 18 heavy (non-hydrogen) atoms. The molecule has 100 valence electrons. The SMILES string of the molecule is CC(CCN)CCC(=O)Nc1sccc1C(N)=O. The van der Waals surface area contributed by atoms with Crippen molar-refractivity contribution in [2.45, 2.75) is 26.2 Å². The molecule has 1 atom stereocenters. The molecule has 1 rings (SSSR count). The van der Waals surface area contributed by atoms with Crippen LogP contribution in [0.15, 0.2) is 11.4 Å². The first-order valence-electron chi connectivity index (χ1n) is 5.91. The van der Waals surface area contributed by atoms with Crippen LogP contribution in [0.3, 0.4) is 0 Å². The van der Waals surface area contributed by atoms with Crippen LogP contribution >= 0.6 is 11.3 Å². The molecule has 0 saturated carbocycles. The van der Waals surface area contributed by atoms with E-state index < -0.39 is 5.91 Å². The molecule has 5 N–H and O–H groups in total. The third-order valence-electron chi connectivity index (χ3n) is 2.71. The maximum Gasteiger partial charge on any atom is 0.251 e. The normalized spacial score (nSPS) is 12.1. The summed E-state index contributed by atoms with van der Waals surface area (Å²) in [5.41, 5.74) is 11.0. The molecular weight excluding hydrogens is 250 g/mol. The van der Waals surface area contributed by atoms with Gasteiger partial charge in [0.1, 0.15) is 5.00 Å². The first-order valence-corrected chi connectivity index (χ1v) is 6.79. The fourth-order valence-electron chi connectivity index (χ4n) is 1.60. The number of nitrogens with one attached hydrogen (secondary N) is 1. The molecule has 0 spiro atoms. The number of carbonyl (C=O) groups excluding carboxylic acids is 2. The molecule has 0 saturated heterocycles. The van der Waals surface area contributed by atoms with E-state index in [2.05, 4.69) is 12.2 Å². The number of carbonyl (C=O) groups is 2. The molecule has 0 aliphatic rings. The molecule has 0 radical (unpaired) electrons. The number of hydrogen-bond donors (Lipinski definition) is 3. The number of anilines is 1. The van der Waals surface area contributed by atoms with E-state index in [9.17, 15) is 9.59 Å². The molecule has 0 bridgehead atoms. The zero-order valence-corrected chi connectivity index (χ0v) is 11.3. The van der Waals surface area contributed by atoms with Crippen LogP contribution in [0.1, 0.15) is 36.5 Å². The van der Waals surface area contributed by atoms with Crippen molar-refractivity contribution < 1.29 is 9.59 Å². The van der Waals surface area contributed by atoms with Crippen LogP contribution < -0.4 is 16.8 Å². The molecule has 0 fully saturated rings. The number of hydrogen-bond acceptors (Lipinski definition) is 4. The van der Waals surface area contributed by atoms with Crippen LogP contribution in [0.5, 0.6) is 0 Å². The van der Waals surface area contributed by atoms with E-state index in [1.165, 1.54) is 11.3 Å². The smallest absolute Gasteiger partial charge is 0.251 e. The summed E-state index contributed by atoms with van der Waals surface area (Å²) in [6.45, 7) is 2.71. The summed E-state index contributed by atoms with van der Waals surface area (Å²) in [6.07, 6.45) is 2.14. The van der Waals surface area contributed by atoms with Gasteiger partial charge in [-0.2, -0.15) is 0 Å². The van der Waals surface area contributed by atoms with Crippen LogP contribution in [0.4, 0.5) is 5.00 Å². The summed E-state index contributed by atoms with van der Waals surface area (Å²) in [7, 11) is 0. The first-order chi connectivity index (χ1) is 8.54. The van der Waals surface area contributed by atoms with Crippen molar-refractivity contribution >= 4 is 28.2 Å². The van der Waals surface area contributed by atoms with E-state index in [0.717, 1.165) is 12.8 Å². The largest absolute Gasteiger partial charge is 0.366 e. The standard InChI is InChI=1S/C12H19N3O2S/c1-8(4-6-13)2-3-10(16)15-12-9(11(14)17)5-7-18-12/h5,7-8H,2-4,6,13H2,1H3,(H2,14,17)(H,15,16). The van der Waals surface area contributed by atoms with Crippen molar-refractivity contribution in [2.24, 2.45) is 17.4 Å². The summed E-state index contributed by atoms with van der Waals surface area (Å²) in [5.74, 6) is -0.188. The van der Waals surface area contributed by atoms with Gasteiger partial charge in [-0.05, 0) is 36.8 Å². The Hall–Kier alpha value is -1.40. The third kappa shape index (κ3) is 4.46. The Balaban J connectivity index is 2.45. The zero-order valence-electron chi connectivity index (χ0n) is 10.4. The van der Waals surface area contributed by atoms with Gasteiger partial charge >= 0.3 is 0 Å². The van der Waals surface area contributed by atoms with Gasteiger partial charge in [0, 0.05) is 6.42 Å². The second-order valence-electron chi connectivity index (χ2n) is 4.30. The number of amides is 2. The first kappa shape index (κ1) is 14.7. The average Bonchev–Trinajstić information content (AvgIpc) is 2.75. The minimum atomic E-state index is -0.525. The molecule has 2 amide bonds. The summed E-state index contributed by atoms with van der Waals surface area (Å²) < 4.78 is 0. The fraction of sp³-hybridized carbons (Fsp3) is 0.500. The maximum absolute atomic E-state index is 11.7. The third-order valence-corrected chi connectivity index (χ3v) is 3.54. The van der Waals surface area contributed by atoms with Gasteiger partial charge in [0.15, 0.2) is 0 Å². The topological polar surface area (TPSA) is 98.2 Å². The summed E-state index contributed by atoms with van der Waals surface area (Å²) in [6, 6.07) is 1.61. The number of primary amides is 1. The van der Waals surface area contributed by atoms with Gasteiger partial charge in [-0.3, -0.25) is 9.59 Å². The van der Waals surface area contributed by atoms with Gasteiger partial charge in [-0.25, -0.2) is 0 Å². The predicted octanol–water partition coefficient (Wildman–Crippen LogP) is 1.55. The minimum Gasteiger partial charge on any atom is -0.366 e. The van der Waals surface area contributed by atoms with Crippen molar-refractivity contribution in [3.05, 3.63) is 17.0 Å². The lowest BCUT2D eigenvalue weighted by molar-refractivity contribution is -0.116. The predicted molar refractivity (Wildman–Crippen MR) is 73.5 cm³/mol. The van der Waals surface area contributed by atoms with E-state index in [1.807, 2.05) is 0 Å². The Morgan fingerprint density at radius 2 is 2.17 bits per heavy atom. The lowest BCUT2D eigenvalue weighted by Gasteiger charge is -2.09. The Kier molecular flexibility index (Phi) is 5.80. The highest BCUT2D eigenvalue weighted by Crippen LogP contribution is 2.23. The quantitative estimate of drug-likeness (QED) is 0.700. The molecule has 0 aromatic carbocycles. The van der Waals surface area contributed by atoms with Gasteiger partial charge < -0.3 is 16.8 Å². The van der Waals surface area contributed by atoms with Crippen molar-refractivity contribution in [1.29, 1.82) is 0 Å². The van der Waals surface area contributed by atoms with E-state index in [0.29, 0.717) is 29.4 Å². The Morgan fingerprint density at radius 3 is 2.78 bits per heavy atom. The van der Waals surface area contributed by atoms with E-state index in [4.69, 9.17) is 11.5 Å². The van der Waals surface area contributed by atoms with Gasteiger partial charge in [0.25, 0.3) is 5.91 Å². The monoisotopic (exact) mass is 269 g/mol. The van der Waals surface area contributed by atoms with Crippen molar-refractivity contribution in [3.8, 4) is 0 Å². The molecule has 0 aliphatic carbocycles. The van der Waals surface area contributed by atoms with Gasteiger partial charge in [0.2, 0.25) is 5.91 Å². The zero-order chi connectivity index (χ0) is 13.5. The van der Waals surface area contributed by atoms with Crippen LogP contribution in [-0.4, -0.2) is 18.4 Å². The van der Waals surface area contributed by atoms with Gasteiger partial charge in [-0.15, -0.1) is 11.3 Å². The van der Waals surface area contributed by atoms with Crippen LogP contribution in [0.2, 0.25) is 0 Å². The Morgan fingerprint density at radius 1 is 1.44 bits per heavy atom. The summed E-state index contributed by atoms with van der Waals surface area (Å²) in [5, 5.41) is 4.97. The fourth-order valence-corrected chi connectivity index (χ4v) is 2.40. The number of rotatable bonds is 7. The Labute approximate surface area is 111 Å². The summed E-state index contributed by atoms with van der Waals surface area (Å²) >= 11 is 1.30. The molecule has 1 heterocycles. The molecule has 1 aromatic heterocycles. The van der Waals surface area contributed by atoms with Crippen LogP contribution in [0, 0.1) is 5.92 Å². The van der Waals surface area contributed by atoms with Crippen LogP contribution in [0.25, 0.3) is 0 Å². The molecule has 1 unspecified atom stereocenters. The highest BCUT2D eigenvalue weighted by atomic mass is 32.1. The van der Waals surface area contributed by atoms with E-state index in [-0.39, 0.29) is 5.91 Å². The van der Waals surface area contributed by atoms with Crippen LogP contribution in [-0.2, 0) is 4.79 Å². The minimum absolute atomic E-state index is 0.0937. The van der Waals surface area contributed by atoms with E-state index >= 15 is 0 Å². The lowest BCUT2D eigenvalue weighted by Crippen LogP contribution is -2.17. The van der Waals surface area contributed by atoms with E-state index in [1.54, 1.807) is 11.4 Å². The number of nitrogens with two attached hydrogens (primary N) is 2. The molecule has 1 aromatic rings.